The maximum Gasteiger partial charge on any atom is 0.214 e. The van der Waals surface area contributed by atoms with Crippen molar-refractivity contribution >= 4 is 5.96 Å². The van der Waals surface area contributed by atoms with Crippen molar-refractivity contribution in [1.82, 2.24) is 25.4 Å². The van der Waals surface area contributed by atoms with Gasteiger partial charge < -0.3 is 20.0 Å². The van der Waals surface area contributed by atoms with E-state index in [1.165, 1.54) is 5.56 Å². The Morgan fingerprint density at radius 1 is 1.07 bits per heavy atom. The molecule has 0 saturated carbocycles. The molecule has 7 heteroatoms. The molecule has 1 aromatic carbocycles. The van der Waals surface area contributed by atoms with Gasteiger partial charge >= 0.3 is 0 Å². The molecule has 29 heavy (non-hydrogen) atoms. The summed E-state index contributed by atoms with van der Waals surface area (Å²) in [5, 5.41) is 6.63. The fraction of sp³-hybridized carbons (Fsp3) is 0.545. The van der Waals surface area contributed by atoms with Gasteiger partial charge in [-0.1, -0.05) is 30.3 Å². The van der Waals surface area contributed by atoms with Crippen LogP contribution in [-0.2, 0) is 13.1 Å². The number of hydrogen-bond donors (Lipinski definition) is 2. The highest BCUT2D eigenvalue weighted by Crippen LogP contribution is 2.09. The van der Waals surface area contributed by atoms with Crippen LogP contribution in [-0.4, -0.2) is 67.1 Å². The van der Waals surface area contributed by atoms with E-state index >= 15 is 0 Å². The number of nitrogens with one attached hydrogen (secondary N) is 2. The smallest absolute Gasteiger partial charge is 0.214 e. The van der Waals surface area contributed by atoms with Crippen LogP contribution in [0.15, 0.2) is 39.7 Å². The maximum atomic E-state index is 5.59. The Morgan fingerprint density at radius 2 is 1.79 bits per heavy atom. The number of aliphatic imine (C=N–C) groups is 1. The van der Waals surface area contributed by atoms with Crippen molar-refractivity contribution in [3.05, 3.63) is 53.2 Å². The van der Waals surface area contributed by atoms with E-state index in [9.17, 15) is 0 Å². The molecule has 1 saturated heterocycles. The molecule has 7 nitrogen and oxygen atoms in total. The summed E-state index contributed by atoms with van der Waals surface area (Å²) in [5.74, 6) is 2.34. The van der Waals surface area contributed by atoms with E-state index in [2.05, 4.69) is 60.7 Å². The van der Waals surface area contributed by atoms with E-state index < -0.39 is 0 Å². The van der Waals surface area contributed by atoms with E-state index in [1.807, 2.05) is 13.8 Å². The van der Waals surface area contributed by atoms with Gasteiger partial charge in [0.15, 0.2) is 5.96 Å². The minimum atomic E-state index is 0.539. The van der Waals surface area contributed by atoms with Gasteiger partial charge in [-0.2, -0.15) is 0 Å². The lowest BCUT2D eigenvalue weighted by Crippen LogP contribution is -2.46. The molecule has 158 valence electrons. The Bertz CT molecular complexity index is 745. The predicted molar refractivity (Wildman–Crippen MR) is 117 cm³/mol. The molecule has 1 aromatic heterocycles. The Hall–Kier alpha value is -2.38. The van der Waals surface area contributed by atoms with Gasteiger partial charge in [0.2, 0.25) is 5.89 Å². The largest absolute Gasteiger partial charge is 0.444 e. The van der Waals surface area contributed by atoms with Gasteiger partial charge in [-0.15, -0.1) is 0 Å². The van der Waals surface area contributed by atoms with Crippen molar-refractivity contribution in [2.75, 3.05) is 46.3 Å². The highest BCUT2D eigenvalue weighted by molar-refractivity contribution is 5.79. The standard InChI is InChI=1S/C22H34N6O/c1-18-19(2)29-21(26-18)16-25-22(23-3)24-10-7-11-27-12-14-28(15-13-27)17-20-8-5-4-6-9-20/h4-6,8-9H,7,10-17H2,1-3H3,(H2,23,24,25). The van der Waals surface area contributed by atoms with Crippen LogP contribution in [0, 0.1) is 13.8 Å². The van der Waals surface area contributed by atoms with Crippen LogP contribution < -0.4 is 10.6 Å². The third-order valence-electron chi connectivity index (χ3n) is 5.36. The second-order valence-electron chi connectivity index (χ2n) is 7.56. The molecule has 3 rings (SSSR count). The van der Waals surface area contributed by atoms with Crippen LogP contribution in [0.25, 0.3) is 0 Å². The molecule has 2 heterocycles. The number of nitrogens with zero attached hydrogens (tertiary/aromatic N) is 4. The van der Waals surface area contributed by atoms with Gasteiger partial charge in [0.05, 0.1) is 12.2 Å². The zero-order valence-electron chi connectivity index (χ0n) is 17.9. The third kappa shape index (κ3) is 6.87. The first kappa shape index (κ1) is 21.3. The number of oxazole rings is 1. The topological polar surface area (TPSA) is 68.9 Å². The van der Waals surface area contributed by atoms with Crippen LogP contribution in [0.5, 0.6) is 0 Å². The second kappa shape index (κ2) is 11.0. The van der Waals surface area contributed by atoms with Crippen LogP contribution in [0.4, 0.5) is 0 Å². The van der Waals surface area contributed by atoms with E-state index in [1.54, 1.807) is 7.05 Å². The van der Waals surface area contributed by atoms with Crippen molar-refractivity contribution < 1.29 is 4.42 Å². The summed E-state index contributed by atoms with van der Waals surface area (Å²) in [4.78, 5) is 13.8. The first-order valence-electron chi connectivity index (χ1n) is 10.5. The minimum Gasteiger partial charge on any atom is -0.444 e. The monoisotopic (exact) mass is 398 g/mol. The zero-order valence-corrected chi connectivity index (χ0v) is 17.9. The molecule has 1 aliphatic rings. The Kier molecular flexibility index (Phi) is 8.07. The number of benzene rings is 1. The van der Waals surface area contributed by atoms with E-state index in [0.29, 0.717) is 12.4 Å². The van der Waals surface area contributed by atoms with Gasteiger partial charge in [-0.05, 0) is 32.4 Å². The third-order valence-corrected chi connectivity index (χ3v) is 5.36. The number of piperazine rings is 1. The van der Waals surface area contributed by atoms with Gasteiger partial charge in [0.1, 0.15) is 5.76 Å². The van der Waals surface area contributed by atoms with E-state index in [4.69, 9.17) is 4.42 Å². The summed E-state index contributed by atoms with van der Waals surface area (Å²) < 4.78 is 5.59. The number of aryl methyl sites for hydroxylation is 2. The minimum absolute atomic E-state index is 0.539. The number of guanidine groups is 1. The van der Waals surface area contributed by atoms with Crippen molar-refractivity contribution in [3.8, 4) is 0 Å². The quantitative estimate of drug-likeness (QED) is 0.404. The molecule has 0 amide bonds. The SMILES string of the molecule is CN=C(NCCCN1CCN(Cc2ccccc2)CC1)NCc1nc(C)c(C)o1. The van der Waals surface area contributed by atoms with Crippen LogP contribution in [0.2, 0.25) is 0 Å². The van der Waals surface area contributed by atoms with Gasteiger partial charge in [-0.25, -0.2) is 4.98 Å². The lowest BCUT2D eigenvalue weighted by molar-refractivity contribution is 0.126. The Labute approximate surface area is 174 Å². The summed E-state index contributed by atoms with van der Waals surface area (Å²) in [6, 6.07) is 10.7. The Morgan fingerprint density at radius 3 is 2.45 bits per heavy atom. The average molecular weight is 399 g/mol. The molecule has 0 spiro atoms. The van der Waals surface area contributed by atoms with E-state index in [-0.39, 0.29) is 0 Å². The van der Waals surface area contributed by atoms with Gasteiger partial charge in [0, 0.05) is 46.3 Å². The molecule has 1 fully saturated rings. The van der Waals surface area contributed by atoms with Crippen molar-refractivity contribution in [3.63, 3.8) is 0 Å². The molecular weight excluding hydrogens is 364 g/mol. The molecule has 0 atom stereocenters. The summed E-state index contributed by atoms with van der Waals surface area (Å²) in [7, 11) is 1.79. The maximum absolute atomic E-state index is 5.59. The number of hydrogen-bond acceptors (Lipinski definition) is 5. The van der Waals surface area contributed by atoms with Gasteiger partial charge in [0.25, 0.3) is 0 Å². The number of aromatic nitrogens is 1. The fourth-order valence-electron chi connectivity index (χ4n) is 3.52. The van der Waals surface area contributed by atoms with E-state index in [0.717, 1.165) is 69.6 Å². The molecule has 2 aromatic rings. The first-order valence-corrected chi connectivity index (χ1v) is 10.5. The molecular formula is C22H34N6O. The predicted octanol–water partition coefficient (Wildman–Crippen LogP) is 2.16. The molecule has 0 unspecified atom stereocenters. The summed E-state index contributed by atoms with van der Waals surface area (Å²) in [6.07, 6.45) is 1.09. The fourth-order valence-corrected chi connectivity index (χ4v) is 3.52. The zero-order chi connectivity index (χ0) is 20.5. The first-order chi connectivity index (χ1) is 14.1. The van der Waals surface area contributed by atoms with Crippen molar-refractivity contribution in [1.29, 1.82) is 0 Å². The molecule has 0 radical (unpaired) electrons. The molecule has 0 bridgehead atoms. The van der Waals surface area contributed by atoms with Crippen molar-refractivity contribution in [2.24, 2.45) is 4.99 Å². The second-order valence-corrected chi connectivity index (χ2v) is 7.56. The summed E-state index contributed by atoms with van der Waals surface area (Å²) in [6.45, 7) is 12.1. The van der Waals surface area contributed by atoms with Crippen molar-refractivity contribution in [2.45, 2.75) is 33.4 Å². The van der Waals surface area contributed by atoms with Crippen LogP contribution >= 0.6 is 0 Å². The molecule has 2 N–H and O–H groups in total. The van der Waals surface area contributed by atoms with Crippen LogP contribution in [0.1, 0.15) is 29.3 Å². The average Bonchev–Trinajstić information content (AvgIpc) is 3.07. The highest BCUT2D eigenvalue weighted by Gasteiger charge is 2.16. The lowest BCUT2D eigenvalue weighted by atomic mass is 10.2. The van der Waals surface area contributed by atoms with Gasteiger partial charge in [-0.3, -0.25) is 9.89 Å². The summed E-state index contributed by atoms with van der Waals surface area (Å²) in [5.41, 5.74) is 2.34. The summed E-state index contributed by atoms with van der Waals surface area (Å²) >= 11 is 0. The lowest BCUT2D eigenvalue weighted by Gasteiger charge is -2.34. The normalized spacial score (nSPS) is 16.2. The van der Waals surface area contributed by atoms with Crippen LogP contribution in [0.3, 0.4) is 0 Å². The number of rotatable bonds is 8. The molecule has 1 aliphatic heterocycles. The highest BCUT2D eigenvalue weighted by atomic mass is 16.4. The molecule has 0 aliphatic carbocycles. The Balaban J connectivity index is 1.28.